The van der Waals surface area contributed by atoms with Crippen LogP contribution in [-0.4, -0.2) is 29.1 Å². The van der Waals surface area contributed by atoms with Gasteiger partial charge < -0.3 is 20.3 Å². The van der Waals surface area contributed by atoms with E-state index >= 15 is 0 Å². The average molecular weight is 313 g/mol. The van der Waals surface area contributed by atoms with Gasteiger partial charge in [0.15, 0.2) is 6.61 Å². The van der Waals surface area contributed by atoms with Gasteiger partial charge >= 0.3 is 0 Å². The zero-order valence-electron chi connectivity index (χ0n) is 11.5. The number of carbonyl (C=O) groups is 1. The highest BCUT2D eigenvalue weighted by Crippen LogP contribution is 2.18. The second-order valence-corrected chi connectivity index (χ2v) is 4.06. The predicted octanol–water partition coefficient (Wildman–Crippen LogP) is 1.07. The third kappa shape index (κ3) is 4.73. The first-order chi connectivity index (χ1) is 9.70. The van der Waals surface area contributed by atoms with E-state index in [1.807, 2.05) is 0 Å². The van der Waals surface area contributed by atoms with E-state index in [1.54, 1.807) is 31.2 Å². The Bertz CT molecular complexity index is 588. The minimum atomic E-state index is -0.227. The van der Waals surface area contributed by atoms with Gasteiger partial charge in [0.2, 0.25) is 11.7 Å². The molecule has 0 fully saturated rings. The number of halogens is 1. The van der Waals surface area contributed by atoms with Gasteiger partial charge in [-0.25, -0.2) is 0 Å². The highest BCUT2D eigenvalue weighted by molar-refractivity contribution is 5.96. The smallest absolute Gasteiger partial charge is 0.255 e. The Kier molecular flexibility index (Phi) is 6.64. The molecule has 0 saturated carbocycles. The largest absolute Gasteiger partial charge is 0.485 e. The van der Waals surface area contributed by atoms with Crippen LogP contribution in [0.2, 0.25) is 0 Å². The molecule has 1 amide bonds. The Morgan fingerprint density at radius 2 is 2.19 bits per heavy atom. The molecule has 7 nitrogen and oxygen atoms in total. The number of hydrogen-bond acceptors (Lipinski definition) is 6. The number of aryl methyl sites for hydroxylation is 1. The lowest BCUT2D eigenvalue weighted by molar-refractivity contribution is 0.0950. The van der Waals surface area contributed by atoms with Gasteiger partial charge in [-0.15, -0.1) is 12.4 Å². The zero-order valence-corrected chi connectivity index (χ0v) is 12.4. The van der Waals surface area contributed by atoms with Crippen molar-refractivity contribution in [2.75, 3.05) is 13.1 Å². The van der Waals surface area contributed by atoms with E-state index in [-0.39, 0.29) is 24.9 Å². The molecular formula is C13H17ClN4O3. The van der Waals surface area contributed by atoms with Crippen molar-refractivity contribution in [3.8, 4) is 5.75 Å². The van der Waals surface area contributed by atoms with Crippen molar-refractivity contribution < 1.29 is 14.1 Å². The van der Waals surface area contributed by atoms with Gasteiger partial charge in [-0.05, 0) is 12.1 Å². The van der Waals surface area contributed by atoms with Crippen LogP contribution in [0.3, 0.4) is 0 Å². The second kappa shape index (κ2) is 8.23. The number of nitrogens with zero attached hydrogens (tertiary/aromatic N) is 2. The molecule has 114 valence electrons. The maximum atomic E-state index is 11.9. The summed E-state index contributed by atoms with van der Waals surface area (Å²) >= 11 is 0. The van der Waals surface area contributed by atoms with E-state index in [0.29, 0.717) is 36.1 Å². The van der Waals surface area contributed by atoms with E-state index in [1.165, 1.54) is 0 Å². The molecule has 0 aliphatic rings. The van der Waals surface area contributed by atoms with Crippen LogP contribution in [0.4, 0.5) is 0 Å². The fourth-order valence-electron chi connectivity index (χ4n) is 1.60. The molecule has 2 aromatic rings. The molecule has 1 aromatic carbocycles. The topological polar surface area (TPSA) is 103 Å². The van der Waals surface area contributed by atoms with Crippen LogP contribution in [0.15, 0.2) is 28.8 Å². The van der Waals surface area contributed by atoms with Gasteiger partial charge in [-0.3, -0.25) is 4.79 Å². The van der Waals surface area contributed by atoms with Crippen molar-refractivity contribution in [1.29, 1.82) is 0 Å². The maximum absolute atomic E-state index is 11.9. The summed E-state index contributed by atoms with van der Waals surface area (Å²) in [5.74, 6) is 1.14. The molecule has 0 bridgehead atoms. The van der Waals surface area contributed by atoms with Gasteiger partial charge in [0.1, 0.15) is 5.75 Å². The first-order valence-electron chi connectivity index (χ1n) is 6.20. The van der Waals surface area contributed by atoms with Crippen molar-refractivity contribution in [2.24, 2.45) is 5.73 Å². The lowest BCUT2D eigenvalue weighted by Crippen LogP contribution is -2.29. The number of carbonyl (C=O) groups excluding carboxylic acids is 1. The van der Waals surface area contributed by atoms with Gasteiger partial charge in [0, 0.05) is 20.0 Å². The van der Waals surface area contributed by atoms with Crippen molar-refractivity contribution in [1.82, 2.24) is 15.5 Å². The fourth-order valence-corrected chi connectivity index (χ4v) is 1.60. The molecule has 0 spiro atoms. The molecule has 0 saturated heterocycles. The van der Waals surface area contributed by atoms with E-state index in [2.05, 4.69) is 15.5 Å². The standard InChI is InChI=1S/C13H16N4O3.ClH/c1-9-16-12(17-20-9)8-19-11-5-3-2-4-10(11)13(18)15-7-6-14;/h2-5H,6-8,14H2,1H3,(H,15,18);1H. The molecule has 0 unspecified atom stereocenters. The van der Waals surface area contributed by atoms with E-state index < -0.39 is 0 Å². The molecule has 1 aromatic heterocycles. The normalized spacial score (nSPS) is 9.81. The Labute approximate surface area is 128 Å². The molecule has 8 heteroatoms. The highest BCUT2D eigenvalue weighted by Gasteiger charge is 2.12. The second-order valence-electron chi connectivity index (χ2n) is 4.06. The lowest BCUT2D eigenvalue weighted by atomic mass is 10.2. The van der Waals surface area contributed by atoms with Crippen molar-refractivity contribution >= 4 is 18.3 Å². The zero-order chi connectivity index (χ0) is 14.4. The number of ether oxygens (including phenoxy) is 1. The predicted molar refractivity (Wildman–Crippen MR) is 78.4 cm³/mol. The molecule has 0 aliphatic carbocycles. The van der Waals surface area contributed by atoms with Crippen LogP contribution in [0.25, 0.3) is 0 Å². The number of benzene rings is 1. The molecule has 0 atom stereocenters. The lowest BCUT2D eigenvalue weighted by Gasteiger charge is -2.10. The summed E-state index contributed by atoms with van der Waals surface area (Å²) in [5.41, 5.74) is 5.80. The van der Waals surface area contributed by atoms with Crippen LogP contribution in [-0.2, 0) is 6.61 Å². The number of amides is 1. The fraction of sp³-hybridized carbons (Fsp3) is 0.308. The SMILES string of the molecule is Cc1nc(COc2ccccc2C(=O)NCCN)no1.Cl. The van der Waals surface area contributed by atoms with Crippen LogP contribution >= 0.6 is 12.4 Å². The summed E-state index contributed by atoms with van der Waals surface area (Å²) in [5, 5.41) is 6.42. The summed E-state index contributed by atoms with van der Waals surface area (Å²) in [7, 11) is 0. The minimum absolute atomic E-state index is 0. The summed E-state index contributed by atoms with van der Waals surface area (Å²) in [6.45, 7) is 2.64. The molecule has 3 N–H and O–H groups in total. The third-order valence-electron chi connectivity index (χ3n) is 2.49. The van der Waals surface area contributed by atoms with Gasteiger partial charge in [-0.2, -0.15) is 4.98 Å². The Morgan fingerprint density at radius 3 is 2.86 bits per heavy atom. The number of nitrogens with one attached hydrogen (secondary N) is 1. The van der Waals surface area contributed by atoms with Crippen molar-refractivity contribution in [3.63, 3.8) is 0 Å². The van der Waals surface area contributed by atoms with Gasteiger partial charge in [0.25, 0.3) is 5.91 Å². The average Bonchev–Trinajstić information content (AvgIpc) is 2.88. The monoisotopic (exact) mass is 312 g/mol. The third-order valence-corrected chi connectivity index (χ3v) is 2.49. The van der Waals surface area contributed by atoms with Crippen LogP contribution in [0.1, 0.15) is 22.1 Å². The van der Waals surface area contributed by atoms with E-state index in [0.717, 1.165) is 0 Å². The summed E-state index contributed by atoms with van der Waals surface area (Å²) in [6.07, 6.45) is 0. The quantitative estimate of drug-likeness (QED) is 0.827. The molecule has 0 aliphatic heterocycles. The number of aromatic nitrogens is 2. The van der Waals surface area contributed by atoms with Crippen molar-refractivity contribution in [2.45, 2.75) is 13.5 Å². The highest BCUT2D eigenvalue weighted by atomic mass is 35.5. The van der Waals surface area contributed by atoms with Crippen molar-refractivity contribution in [3.05, 3.63) is 41.5 Å². The number of hydrogen-bond donors (Lipinski definition) is 2. The first-order valence-corrected chi connectivity index (χ1v) is 6.20. The van der Waals surface area contributed by atoms with Crippen LogP contribution in [0.5, 0.6) is 5.75 Å². The molecule has 21 heavy (non-hydrogen) atoms. The molecule has 1 heterocycles. The summed E-state index contributed by atoms with van der Waals surface area (Å²) < 4.78 is 10.4. The van der Waals surface area contributed by atoms with Crippen LogP contribution in [0, 0.1) is 6.92 Å². The Hall–Kier alpha value is -2.12. The summed E-state index contributed by atoms with van der Waals surface area (Å²) in [6, 6.07) is 6.95. The maximum Gasteiger partial charge on any atom is 0.255 e. The molecule has 0 radical (unpaired) electrons. The number of nitrogens with two attached hydrogens (primary N) is 1. The minimum Gasteiger partial charge on any atom is -0.485 e. The van der Waals surface area contributed by atoms with Gasteiger partial charge in [-0.1, -0.05) is 17.3 Å². The van der Waals surface area contributed by atoms with E-state index in [9.17, 15) is 4.79 Å². The molecular weight excluding hydrogens is 296 g/mol. The number of para-hydroxylation sites is 1. The summed E-state index contributed by atoms with van der Waals surface area (Å²) in [4.78, 5) is 16.0. The van der Waals surface area contributed by atoms with E-state index in [4.69, 9.17) is 15.0 Å². The first kappa shape index (κ1) is 16.9. The molecule has 2 rings (SSSR count). The number of rotatable bonds is 6. The Balaban J connectivity index is 0.00000220. The van der Waals surface area contributed by atoms with Gasteiger partial charge in [0.05, 0.1) is 5.56 Å². The Morgan fingerprint density at radius 1 is 1.43 bits per heavy atom. The van der Waals surface area contributed by atoms with Crippen LogP contribution < -0.4 is 15.8 Å².